The zero-order valence-electron chi connectivity index (χ0n) is 15.4. The molecular weight excluding hydrogens is 361 g/mol. The number of hydrogen-bond donors (Lipinski definition) is 1. The van der Waals surface area contributed by atoms with Crippen LogP contribution in [0.2, 0.25) is 0 Å². The van der Waals surface area contributed by atoms with Crippen molar-refractivity contribution in [1.82, 2.24) is 0 Å². The lowest BCUT2D eigenvalue weighted by atomic mass is 10.2. The highest BCUT2D eigenvalue weighted by Crippen LogP contribution is 2.27. The van der Waals surface area contributed by atoms with Gasteiger partial charge in [-0.25, -0.2) is 4.39 Å². The first-order valence-electron chi connectivity index (χ1n) is 8.71. The number of hydrogen-bond acceptors (Lipinski definition) is 4. The van der Waals surface area contributed by atoms with Crippen molar-refractivity contribution in [3.8, 4) is 17.2 Å². The predicted molar refractivity (Wildman–Crippen MR) is 105 cm³/mol. The predicted octanol–water partition coefficient (Wildman–Crippen LogP) is 4.90. The van der Waals surface area contributed by atoms with Crippen molar-refractivity contribution < 1.29 is 23.4 Å². The van der Waals surface area contributed by atoms with E-state index in [9.17, 15) is 9.18 Å². The van der Waals surface area contributed by atoms with Crippen LogP contribution < -0.4 is 14.8 Å². The first-order valence-corrected chi connectivity index (χ1v) is 8.71. The van der Waals surface area contributed by atoms with Gasteiger partial charge in [-0.15, -0.1) is 0 Å². The Morgan fingerprint density at radius 2 is 1.64 bits per heavy atom. The van der Waals surface area contributed by atoms with Crippen LogP contribution in [0.5, 0.6) is 17.2 Å². The van der Waals surface area contributed by atoms with Gasteiger partial charge in [-0.05, 0) is 48.5 Å². The molecule has 28 heavy (non-hydrogen) atoms. The molecule has 0 heterocycles. The van der Waals surface area contributed by atoms with Crippen LogP contribution in [0.25, 0.3) is 0 Å². The van der Waals surface area contributed by atoms with Crippen LogP contribution in [-0.2, 0) is 4.74 Å². The van der Waals surface area contributed by atoms with Gasteiger partial charge in [-0.3, -0.25) is 4.79 Å². The Hall–Kier alpha value is -3.38. The molecule has 0 bridgehead atoms. The fourth-order valence-corrected chi connectivity index (χ4v) is 2.45. The van der Waals surface area contributed by atoms with Crippen molar-refractivity contribution in [2.45, 2.75) is 0 Å². The van der Waals surface area contributed by atoms with E-state index in [0.717, 1.165) is 0 Å². The van der Waals surface area contributed by atoms with Gasteiger partial charge in [0.15, 0.2) is 0 Å². The smallest absolute Gasteiger partial charge is 0.255 e. The van der Waals surface area contributed by atoms with Gasteiger partial charge in [0.1, 0.15) is 29.7 Å². The number of anilines is 1. The Balaban J connectivity index is 1.68. The lowest BCUT2D eigenvalue weighted by Crippen LogP contribution is -2.14. The van der Waals surface area contributed by atoms with E-state index in [4.69, 9.17) is 14.2 Å². The number of carbonyl (C=O) groups is 1. The van der Waals surface area contributed by atoms with Crippen molar-refractivity contribution in [1.29, 1.82) is 0 Å². The van der Waals surface area contributed by atoms with Crippen molar-refractivity contribution in [3.05, 3.63) is 84.2 Å². The van der Waals surface area contributed by atoms with E-state index in [-0.39, 0.29) is 18.2 Å². The average Bonchev–Trinajstić information content (AvgIpc) is 2.71. The maximum absolute atomic E-state index is 13.6. The normalized spacial score (nSPS) is 10.4. The molecule has 144 valence electrons. The molecule has 0 fully saturated rings. The number of rotatable bonds is 8. The molecule has 3 aromatic carbocycles. The van der Waals surface area contributed by atoms with E-state index < -0.39 is 5.82 Å². The number of methoxy groups -OCH3 is 1. The molecule has 1 amide bonds. The summed E-state index contributed by atoms with van der Waals surface area (Å²) >= 11 is 0. The third-order valence-electron chi connectivity index (χ3n) is 3.83. The topological polar surface area (TPSA) is 56.8 Å². The Bertz CT molecular complexity index is 914. The van der Waals surface area contributed by atoms with Crippen LogP contribution in [-0.4, -0.2) is 26.2 Å². The van der Waals surface area contributed by atoms with Crippen LogP contribution in [0.4, 0.5) is 10.1 Å². The molecule has 0 atom stereocenters. The van der Waals surface area contributed by atoms with E-state index in [2.05, 4.69) is 5.32 Å². The number of halogens is 1. The number of para-hydroxylation sites is 1. The van der Waals surface area contributed by atoms with E-state index in [1.807, 2.05) is 30.3 Å². The number of amides is 1. The van der Waals surface area contributed by atoms with Gasteiger partial charge in [0.05, 0.1) is 12.3 Å². The standard InChI is InChI=1S/C22H20FNO4/c1-26-13-14-27-21-12-9-17(23)15-20(21)24-22(25)16-7-10-19(11-8-16)28-18-5-3-2-4-6-18/h2-12,15H,13-14H2,1H3,(H,24,25). The van der Waals surface area contributed by atoms with Gasteiger partial charge >= 0.3 is 0 Å². The number of nitrogens with one attached hydrogen (secondary N) is 1. The van der Waals surface area contributed by atoms with Gasteiger partial charge in [0.2, 0.25) is 0 Å². The van der Waals surface area contributed by atoms with E-state index in [0.29, 0.717) is 29.4 Å². The van der Waals surface area contributed by atoms with Gasteiger partial charge in [-0.2, -0.15) is 0 Å². The quantitative estimate of drug-likeness (QED) is 0.564. The summed E-state index contributed by atoms with van der Waals surface area (Å²) in [6.07, 6.45) is 0. The SMILES string of the molecule is COCCOc1ccc(F)cc1NC(=O)c1ccc(Oc2ccccc2)cc1. The molecule has 0 aliphatic heterocycles. The number of benzene rings is 3. The molecule has 1 N–H and O–H groups in total. The number of ether oxygens (including phenoxy) is 3. The van der Waals surface area contributed by atoms with E-state index in [1.165, 1.54) is 18.2 Å². The first-order chi connectivity index (χ1) is 13.7. The zero-order chi connectivity index (χ0) is 19.8. The highest BCUT2D eigenvalue weighted by Gasteiger charge is 2.12. The second-order valence-electron chi connectivity index (χ2n) is 5.88. The lowest BCUT2D eigenvalue weighted by Gasteiger charge is -2.13. The molecule has 0 saturated carbocycles. The lowest BCUT2D eigenvalue weighted by molar-refractivity contribution is 0.102. The zero-order valence-corrected chi connectivity index (χ0v) is 15.4. The highest BCUT2D eigenvalue weighted by atomic mass is 19.1. The molecule has 6 heteroatoms. The van der Waals surface area contributed by atoms with E-state index >= 15 is 0 Å². The second-order valence-corrected chi connectivity index (χ2v) is 5.88. The average molecular weight is 381 g/mol. The van der Waals surface area contributed by atoms with Crippen molar-refractivity contribution in [2.24, 2.45) is 0 Å². The van der Waals surface area contributed by atoms with Crippen LogP contribution in [0, 0.1) is 5.82 Å². The molecule has 0 saturated heterocycles. The molecule has 0 aliphatic carbocycles. The summed E-state index contributed by atoms with van der Waals surface area (Å²) in [7, 11) is 1.56. The third kappa shape index (κ3) is 5.31. The minimum atomic E-state index is -0.471. The minimum Gasteiger partial charge on any atom is -0.489 e. The molecule has 3 aromatic rings. The molecule has 0 unspecified atom stereocenters. The molecule has 3 rings (SSSR count). The van der Waals surface area contributed by atoms with Crippen molar-refractivity contribution in [3.63, 3.8) is 0 Å². The van der Waals surface area contributed by atoms with Crippen LogP contribution in [0.1, 0.15) is 10.4 Å². The maximum Gasteiger partial charge on any atom is 0.255 e. The van der Waals surface area contributed by atoms with Gasteiger partial charge < -0.3 is 19.5 Å². The summed E-state index contributed by atoms with van der Waals surface area (Å²) < 4.78 is 29.8. The minimum absolute atomic E-state index is 0.255. The summed E-state index contributed by atoms with van der Waals surface area (Å²) in [5.41, 5.74) is 0.665. The molecule has 0 radical (unpaired) electrons. The maximum atomic E-state index is 13.6. The Labute approximate surface area is 162 Å². The Morgan fingerprint density at radius 1 is 0.929 bits per heavy atom. The fourth-order valence-electron chi connectivity index (χ4n) is 2.45. The molecule has 0 aliphatic rings. The molecule has 5 nitrogen and oxygen atoms in total. The largest absolute Gasteiger partial charge is 0.489 e. The summed E-state index contributed by atoms with van der Waals surface area (Å²) in [5.74, 6) is 0.833. The molecular formula is C22H20FNO4. The monoisotopic (exact) mass is 381 g/mol. The highest BCUT2D eigenvalue weighted by molar-refractivity contribution is 6.05. The first kappa shape index (κ1) is 19.4. The molecule has 0 aromatic heterocycles. The van der Waals surface area contributed by atoms with Crippen LogP contribution in [0.3, 0.4) is 0 Å². The van der Waals surface area contributed by atoms with Gasteiger partial charge in [0.25, 0.3) is 5.91 Å². The Kier molecular flexibility index (Phi) is 6.59. The summed E-state index contributed by atoms with van der Waals surface area (Å²) in [6.45, 7) is 0.671. The van der Waals surface area contributed by atoms with Crippen LogP contribution in [0.15, 0.2) is 72.8 Å². The van der Waals surface area contributed by atoms with Gasteiger partial charge in [-0.1, -0.05) is 18.2 Å². The number of carbonyl (C=O) groups excluding carboxylic acids is 1. The summed E-state index contributed by atoms with van der Waals surface area (Å²) in [4.78, 5) is 12.5. The van der Waals surface area contributed by atoms with Crippen molar-refractivity contribution in [2.75, 3.05) is 25.6 Å². The second kappa shape index (κ2) is 9.53. The Morgan fingerprint density at radius 3 is 2.36 bits per heavy atom. The summed E-state index contributed by atoms with van der Waals surface area (Å²) in [5, 5.41) is 2.68. The van der Waals surface area contributed by atoms with Crippen molar-refractivity contribution >= 4 is 11.6 Å². The fraction of sp³-hybridized carbons (Fsp3) is 0.136. The molecule has 0 spiro atoms. The van der Waals surface area contributed by atoms with E-state index in [1.54, 1.807) is 31.4 Å². The van der Waals surface area contributed by atoms with Gasteiger partial charge in [0, 0.05) is 18.7 Å². The van der Waals surface area contributed by atoms with Crippen LogP contribution >= 0.6 is 0 Å². The third-order valence-corrected chi connectivity index (χ3v) is 3.83. The summed E-state index contributed by atoms with van der Waals surface area (Å²) in [6, 6.07) is 20.0.